The van der Waals surface area contributed by atoms with Crippen LogP contribution in [0.4, 0.5) is 0 Å². The summed E-state index contributed by atoms with van der Waals surface area (Å²) in [4.78, 5) is 63.6. The summed E-state index contributed by atoms with van der Waals surface area (Å²) in [5.41, 5.74) is -0.241. The molecule has 0 saturated carbocycles. The molecule has 0 spiro atoms. The molecular weight excluding hydrogens is 496 g/mol. The Morgan fingerprint density at radius 1 is 1.00 bits per heavy atom. The minimum absolute atomic E-state index is 0.00986. The van der Waals surface area contributed by atoms with Crippen molar-refractivity contribution in [1.29, 1.82) is 0 Å². The second-order valence-corrected chi connectivity index (χ2v) is 8.57. The molecule has 0 aliphatic rings. The van der Waals surface area contributed by atoms with E-state index in [1.807, 2.05) is 6.92 Å². The van der Waals surface area contributed by atoms with Gasteiger partial charge >= 0.3 is 11.9 Å². The molecule has 2 unspecified atom stereocenters. The fraction of sp³-hybridized carbons (Fsp3) is 0.385. The van der Waals surface area contributed by atoms with Crippen LogP contribution in [-0.2, 0) is 9.59 Å². The quantitative estimate of drug-likeness (QED) is 0.0761. The van der Waals surface area contributed by atoms with Crippen molar-refractivity contribution in [2.24, 2.45) is 5.92 Å². The average Bonchev–Trinajstić information content (AvgIpc) is 2.91. The zero-order chi connectivity index (χ0) is 28.2. The zero-order valence-corrected chi connectivity index (χ0v) is 21.2. The highest BCUT2D eigenvalue weighted by Crippen LogP contribution is 2.22. The fourth-order valence-electron chi connectivity index (χ4n) is 4.07. The Hall–Kier alpha value is -4.32. The van der Waals surface area contributed by atoms with E-state index in [0.717, 1.165) is 25.3 Å². The summed E-state index contributed by atoms with van der Waals surface area (Å²) in [5.74, 6) is -4.50. The van der Waals surface area contributed by atoms with Gasteiger partial charge in [-0.15, -0.1) is 0 Å². The zero-order valence-electron chi connectivity index (χ0n) is 21.2. The first-order valence-corrected chi connectivity index (χ1v) is 12.2. The van der Waals surface area contributed by atoms with Crippen molar-refractivity contribution in [3.8, 4) is 11.3 Å². The predicted octanol–water partition coefficient (Wildman–Crippen LogP) is 2.77. The van der Waals surface area contributed by atoms with Crippen molar-refractivity contribution >= 4 is 30.2 Å². The average molecular weight is 529 g/mol. The Bertz CT molecular complexity index is 1170. The van der Waals surface area contributed by atoms with E-state index in [-0.39, 0.29) is 30.0 Å². The van der Waals surface area contributed by atoms with Crippen molar-refractivity contribution < 1.29 is 39.4 Å². The molecule has 0 saturated heterocycles. The van der Waals surface area contributed by atoms with Crippen LogP contribution in [0.2, 0.25) is 0 Å². The maximum Gasteiger partial charge on any atom is 0.336 e. The molecule has 12 heteroatoms. The van der Waals surface area contributed by atoms with Crippen molar-refractivity contribution in [2.45, 2.75) is 52.0 Å². The van der Waals surface area contributed by atoms with Crippen LogP contribution in [0.15, 0.2) is 36.4 Å². The lowest BCUT2D eigenvalue weighted by molar-refractivity contribution is -0.168. The molecule has 0 fully saturated rings. The van der Waals surface area contributed by atoms with E-state index in [1.54, 1.807) is 13.0 Å². The number of benzene rings is 1. The van der Waals surface area contributed by atoms with Crippen molar-refractivity contribution in [3.05, 3.63) is 53.2 Å². The van der Waals surface area contributed by atoms with Crippen molar-refractivity contribution in [2.75, 3.05) is 6.67 Å². The number of unbranched alkanes of at least 4 members (excludes halogenated alkanes) is 2. The van der Waals surface area contributed by atoms with Gasteiger partial charge in [0.1, 0.15) is 5.69 Å². The third-order valence-corrected chi connectivity index (χ3v) is 6.06. The maximum absolute atomic E-state index is 12.9. The predicted molar refractivity (Wildman–Crippen MR) is 135 cm³/mol. The molecule has 2 atom stereocenters. The van der Waals surface area contributed by atoms with E-state index >= 15 is 0 Å². The molecule has 0 bridgehead atoms. The van der Waals surface area contributed by atoms with Gasteiger partial charge < -0.3 is 20.8 Å². The van der Waals surface area contributed by atoms with E-state index in [4.69, 9.17) is 0 Å². The molecule has 0 aliphatic heterocycles. The van der Waals surface area contributed by atoms with Gasteiger partial charge in [0.15, 0.2) is 0 Å². The van der Waals surface area contributed by atoms with Gasteiger partial charge in [0.25, 0.3) is 5.91 Å². The highest BCUT2D eigenvalue weighted by Gasteiger charge is 2.30. The van der Waals surface area contributed by atoms with Crippen LogP contribution in [0.25, 0.3) is 11.3 Å². The number of hydrogen-bond donors (Lipinski definition) is 5. The summed E-state index contributed by atoms with van der Waals surface area (Å²) < 4.78 is 0. The number of nitrogens with one attached hydrogen (secondary N) is 2. The molecule has 1 aromatic carbocycles. The number of hydrogen-bond acceptors (Lipinski definition) is 7. The minimum Gasteiger partial charge on any atom is -0.478 e. The first kappa shape index (κ1) is 29.9. The molecule has 5 N–H and O–H groups in total. The first-order chi connectivity index (χ1) is 18.1. The summed E-state index contributed by atoms with van der Waals surface area (Å²) in [5, 5.41) is 34.1. The second-order valence-electron chi connectivity index (χ2n) is 8.57. The Balaban J connectivity index is 2.11. The Morgan fingerprint density at radius 2 is 1.71 bits per heavy atom. The molecule has 1 heterocycles. The van der Waals surface area contributed by atoms with Gasteiger partial charge in [-0.3, -0.25) is 19.6 Å². The van der Waals surface area contributed by atoms with Gasteiger partial charge in [0.2, 0.25) is 12.3 Å². The van der Waals surface area contributed by atoms with Gasteiger partial charge in [-0.2, -0.15) is 0 Å². The molecule has 0 radical (unpaired) electrons. The molecule has 3 amide bonds. The van der Waals surface area contributed by atoms with E-state index in [0.29, 0.717) is 23.5 Å². The van der Waals surface area contributed by atoms with E-state index in [1.165, 1.54) is 24.3 Å². The van der Waals surface area contributed by atoms with Crippen LogP contribution in [-0.4, -0.2) is 68.3 Å². The van der Waals surface area contributed by atoms with Gasteiger partial charge in [-0.25, -0.2) is 19.6 Å². The number of pyridine rings is 1. The van der Waals surface area contributed by atoms with Crippen molar-refractivity contribution in [3.63, 3.8) is 0 Å². The molecule has 0 aliphatic carbocycles. The summed E-state index contributed by atoms with van der Waals surface area (Å²) in [6, 6.07) is 7.52. The van der Waals surface area contributed by atoms with E-state index in [2.05, 4.69) is 15.6 Å². The summed E-state index contributed by atoms with van der Waals surface area (Å²) in [6.07, 6.45) is 3.64. The summed E-state index contributed by atoms with van der Waals surface area (Å²) >= 11 is 0. The largest absolute Gasteiger partial charge is 0.478 e. The molecular formula is C26H32N4O8. The Labute approximate surface area is 219 Å². The molecule has 2 rings (SSSR count). The Kier molecular flexibility index (Phi) is 11.4. The lowest BCUT2D eigenvalue weighted by Gasteiger charge is -2.29. The van der Waals surface area contributed by atoms with E-state index < -0.39 is 41.3 Å². The number of hydroxylamine groups is 2. The molecule has 12 nitrogen and oxygen atoms in total. The first-order valence-electron chi connectivity index (χ1n) is 12.2. The van der Waals surface area contributed by atoms with Gasteiger partial charge in [0, 0.05) is 5.56 Å². The smallest absolute Gasteiger partial charge is 0.336 e. The number of carboxylic acid groups (broad SMARTS) is 2. The van der Waals surface area contributed by atoms with Crippen LogP contribution >= 0.6 is 0 Å². The number of aromatic carboxylic acids is 2. The lowest BCUT2D eigenvalue weighted by Crippen LogP contribution is -2.47. The second kappa shape index (κ2) is 14.4. The number of aromatic nitrogens is 1. The Morgan fingerprint density at radius 3 is 2.32 bits per heavy atom. The molecule has 38 heavy (non-hydrogen) atoms. The normalized spacial score (nSPS) is 12.2. The summed E-state index contributed by atoms with van der Waals surface area (Å²) in [7, 11) is 0. The third kappa shape index (κ3) is 7.84. The van der Waals surface area contributed by atoms with Crippen LogP contribution in [0.1, 0.15) is 77.2 Å². The SMILES string of the molecule is CCCCCC(C(=O)NCNC(=O)c1cccc(-c2ccc(C(=O)O)c(C(=O)O)c2)n1)C(CC)N(O)C=O. The number of carbonyl (C=O) groups is 5. The highest BCUT2D eigenvalue weighted by atomic mass is 16.5. The third-order valence-electron chi connectivity index (χ3n) is 6.06. The topological polar surface area (TPSA) is 186 Å². The van der Waals surface area contributed by atoms with Gasteiger partial charge in [-0.05, 0) is 37.1 Å². The van der Waals surface area contributed by atoms with Crippen LogP contribution in [0.3, 0.4) is 0 Å². The molecule has 1 aromatic heterocycles. The minimum atomic E-state index is -1.41. The number of nitrogens with zero attached hydrogens (tertiary/aromatic N) is 2. The maximum atomic E-state index is 12.9. The number of carboxylic acids is 2. The summed E-state index contributed by atoms with van der Waals surface area (Å²) in [6.45, 7) is 3.55. The van der Waals surface area contributed by atoms with Crippen LogP contribution < -0.4 is 10.6 Å². The van der Waals surface area contributed by atoms with Crippen molar-refractivity contribution in [1.82, 2.24) is 20.7 Å². The highest BCUT2D eigenvalue weighted by molar-refractivity contribution is 6.02. The number of carbonyl (C=O) groups excluding carboxylic acids is 3. The van der Waals surface area contributed by atoms with E-state index in [9.17, 15) is 39.4 Å². The van der Waals surface area contributed by atoms with Crippen LogP contribution in [0.5, 0.6) is 0 Å². The fourth-order valence-corrected chi connectivity index (χ4v) is 4.07. The molecule has 204 valence electrons. The van der Waals surface area contributed by atoms with Gasteiger partial charge in [-0.1, -0.05) is 45.2 Å². The number of rotatable bonds is 15. The number of amides is 3. The standard InChI is InChI=1S/C26H32N4O8/c1-3-5-6-8-18(22(4-2)30(38)15-31)23(32)27-14-28-24(33)21-10-7-9-20(29-21)16-11-12-17(25(34)35)19(13-16)26(36)37/h7,9-13,15,18,22,38H,3-6,8,14H2,1-2H3,(H,27,32)(H,28,33)(H,34,35)(H,36,37). The van der Waals surface area contributed by atoms with Gasteiger partial charge in [0.05, 0.1) is 35.4 Å². The van der Waals surface area contributed by atoms with Crippen LogP contribution in [0, 0.1) is 5.92 Å². The monoisotopic (exact) mass is 528 g/mol. The lowest BCUT2D eigenvalue weighted by atomic mass is 9.90. The molecule has 2 aromatic rings.